The minimum atomic E-state index is -0.679. The largest absolute Gasteiger partial charge is 0.388 e. The van der Waals surface area contributed by atoms with Crippen molar-refractivity contribution < 1.29 is 5.11 Å². The first-order valence-corrected chi connectivity index (χ1v) is 10.6. The summed E-state index contributed by atoms with van der Waals surface area (Å²) in [6.07, 6.45) is 9.63. The Morgan fingerprint density at radius 3 is 2.61 bits per heavy atom. The van der Waals surface area contributed by atoms with Crippen LogP contribution in [0.4, 0.5) is 0 Å². The number of nitrogens with zero attached hydrogens (tertiary/aromatic N) is 3. The molecule has 4 nitrogen and oxygen atoms in total. The van der Waals surface area contributed by atoms with E-state index in [-0.39, 0.29) is 0 Å². The number of aliphatic hydroxyl groups is 1. The van der Waals surface area contributed by atoms with E-state index in [1.807, 2.05) is 36.7 Å². The monoisotopic (exact) mass is 415 g/mol. The van der Waals surface area contributed by atoms with E-state index in [1.165, 1.54) is 10.9 Å². The van der Waals surface area contributed by atoms with E-state index in [1.54, 1.807) is 0 Å². The van der Waals surface area contributed by atoms with Crippen molar-refractivity contribution in [2.45, 2.75) is 56.5 Å². The zero-order valence-electron chi connectivity index (χ0n) is 15.6. The van der Waals surface area contributed by atoms with Gasteiger partial charge in [0.2, 0.25) is 0 Å². The molecular weight excluding hydrogens is 393 g/mol. The second-order valence-electron chi connectivity index (χ2n) is 8.32. The maximum atomic E-state index is 11.4. The van der Waals surface area contributed by atoms with Gasteiger partial charge in [-0.15, -0.1) is 0 Å². The molecule has 6 heteroatoms. The van der Waals surface area contributed by atoms with E-state index in [2.05, 4.69) is 26.7 Å². The van der Waals surface area contributed by atoms with Gasteiger partial charge in [-0.05, 0) is 55.5 Å². The van der Waals surface area contributed by atoms with Crippen molar-refractivity contribution in [2.75, 3.05) is 0 Å². The first-order chi connectivity index (χ1) is 13.5. The molecule has 3 aromatic rings. The highest BCUT2D eigenvalue weighted by Crippen LogP contribution is 2.43. The molecule has 0 aliphatic carbocycles. The van der Waals surface area contributed by atoms with Crippen molar-refractivity contribution in [1.82, 2.24) is 14.5 Å². The number of aromatic nitrogens is 2. The van der Waals surface area contributed by atoms with E-state index in [0.717, 1.165) is 37.7 Å². The number of halogens is 2. The van der Waals surface area contributed by atoms with Gasteiger partial charge in [0.15, 0.2) is 0 Å². The summed E-state index contributed by atoms with van der Waals surface area (Å²) in [6, 6.07) is 10.8. The van der Waals surface area contributed by atoms with Gasteiger partial charge in [0.1, 0.15) is 0 Å². The third-order valence-electron chi connectivity index (χ3n) is 6.39. The lowest BCUT2D eigenvalue weighted by atomic mass is 9.85. The number of hydrogen-bond donors (Lipinski definition) is 1. The van der Waals surface area contributed by atoms with Crippen LogP contribution in [0.15, 0.2) is 48.9 Å². The molecule has 0 spiro atoms. The molecular formula is C22H23Cl2N3O. The Morgan fingerprint density at radius 2 is 1.86 bits per heavy atom. The highest BCUT2D eigenvalue weighted by atomic mass is 35.5. The van der Waals surface area contributed by atoms with Crippen LogP contribution >= 0.6 is 23.2 Å². The van der Waals surface area contributed by atoms with Crippen LogP contribution in [0.3, 0.4) is 0 Å². The molecule has 28 heavy (non-hydrogen) atoms. The standard InChI is InChI=1S/C22H23Cl2N3O/c23-19-4-1-15(9-20(19)24)13-27-17-2-3-18(27)11-22(28,10-17)14-26-8-6-16-5-7-25-12-21(16)26/h1,4-9,12,17-18,28H,2-3,10-11,13-14H2/t17-,18-/m1/s1. The SMILES string of the molecule is OC1(Cn2ccc3ccncc32)C[C@H]2CC[C@H](C1)N2Cc1ccc(Cl)c(Cl)c1. The summed E-state index contributed by atoms with van der Waals surface area (Å²) in [5.74, 6) is 0. The number of benzene rings is 1. The van der Waals surface area contributed by atoms with Crippen LogP contribution in [0.25, 0.3) is 10.9 Å². The van der Waals surface area contributed by atoms with Crippen molar-refractivity contribution in [3.8, 4) is 0 Å². The molecule has 2 fully saturated rings. The van der Waals surface area contributed by atoms with E-state index < -0.39 is 5.60 Å². The summed E-state index contributed by atoms with van der Waals surface area (Å²) in [5, 5.41) is 13.8. The second kappa shape index (κ2) is 7.03. The number of rotatable bonds is 4. The molecule has 0 radical (unpaired) electrons. The summed E-state index contributed by atoms with van der Waals surface area (Å²) < 4.78 is 2.15. The molecule has 2 saturated heterocycles. The predicted octanol–water partition coefficient (Wildman–Crippen LogP) is 4.90. The summed E-state index contributed by atoms with van der Waals surface area (Å²) in [4.78, 5) is 6.79. The number of pyridine rings is 1. The Labute approximate surface area is 174 Å². The number of fused-ring (bicyclic) bond motifs is 3. The van der Waals surface area contributed by atoms with Crippen molar-refractivity contribution in [2.24, 2.45) is 0 Å². The molecule has 2 aliphatic rings. The van der Waals surface area contributed by atoms with Crippen LogP contribution in [-0.2, 0) is 13.1 Å². The van der Waals surface area contributed by atoms with Crippen molar-refractivity contribution in [3.63, 3.8) is 0 Å². The molecule has 1 N–H and O–H groups in total. The van der Waals surface area contributed by atoms with Crippen LogP contribution in [-0.4, -0.2) is 37.2 Å². The number of piperidine rings is 1. The van der Waals surface area contributed by atoms with E-state index in [4.69, 9.17) is 23.2 Å². The van der Waals surface area contributed by atoms with Crippen molar-refractivity contribution in [3.05, 3.63) is 64.5 Å². The Balaban J connectivity index is 1.33. The molecule has 0 saturated carbocycles. The fourth-order valence-corrected chi connectivity index (χ4v) is 5.45. The molecule has 1 aromatic carbocycles. The fourth-order valence-electron chi connectivity index (χ4n) is 5.13. The molecule has 2 aromatic heterocycles. The average molecular weight is 416 g/mol. The highest BCUT2D eigenvalue weighted by Gasteiger charge is 2.47. The third-order valence-corrected chi connectivity index (χ3v) is 7.13. The van der Waals surface area contributed by atoms with Crippen molar-refractivity contribution in [1.29, 1.82) is 0 Å². The molecule has 4 heterocycles. The summed E-state index contributed by atoms with van der Waals surface area (Å²) in [7, 11) is 0. The lowest BCUT2D eigenvalue weighted by Crippen LogP contribution is -2.52. The van der Waals surface area contributed by atoms with Crippen LogP contribution < -0.4 is 0 Å². The van der Waals surface area contributed by atoms with Crippen LogP contribution in [0.2, 0.25) is 10.0 Å². The third kappa shape index (κ3) is 3.33. The van der Waals surface area contributed by atoms with Gasteiger partial charge in [-0.2, -0.15) is 0 Å². The molecule has 5 rings (SSSR count). The van der Waals surface area contributed by atoms with Gasteiger partial charge in [0, 0.05) is 36.4 Å². The minimum absolute atomic E-state index is 0.401. The van der Waals surface area contributed by atoms with E-state index in [9.17, 15) is 5.11 Å². The zero-order valence-corrected chi connectivity index (χ0v) is 17.1. The Morgan fingerprint density at radius 1 is 1.07 bits per heavy atom. The van der Waals surface area contributed by atoms with Gasteiger partial charge in [0.25, 0.3) is 0 Å². The van der Waals surface area contributed by atoms with Gasteiger partial charge >= 0.3 is 0 Å². The fraction of sp³-hybridized carbons (Fsp3) is 0.409. The molecule has 146 valence electrons. The lowest BCUT2D eigenvalue weighted by Gasteiger charge is -2.44. The first kappa shape index (κ1) is 18.4. The summed E-state index contributed by atoms with van der Waals surface area (Å²) in [5.41, 5.74) is 1.59. The highest BCUT2D eigenvalue weighted by molar-refractivity contribution is 6.42. The van der Waals surface area contributed by atoms with Gasteiger partial charge in [-0.25, -0.2) is 0 Å². The Hall–Kier alpha value is -1.59. The molecule has 2 bridgehead atoms. The zero-order chi connectivity index (χ0) is 19.3. The summed E-state index contributed by atoms with van der Waals surface area (Å²) in [6.45, 7) is 1.48. The molecule has 0 unspecified atom stereocenters. The topological polar surface area (TPSA) is 41.3 Å². The van der Waals surface area contributed by atoms with Crippen LogP contribution in [0, 0.1) is 0 Å². The predicted molar refractivity (Wildman–Crippen MR) is 113 cm³/mol. The second-order valence-corrected chi connectivity index (χ2v) is 9.13. The van der Waals surface area contributed by atoms with Crippen LogP contribution in [0.1, 0.15) is 31.2 Å². The van der Waals surface area contributed by atoms with Crippen LogP contribution in [0.5, 0.6) is 0 Å². The van der Waals surface area contributed by atoms with Crippen molar-refractivity contribution >= 4 is 34.1 Å². The molecule has 2 atom stereocenters. The Kier molecular flexibility index (Phi) is 4.63. The summed E-state index contributed by atoms with van der Waals surface area (Å²) >= 11 is 12.2. The quantitative estimate of drug-likeness (QED) is 0.658. The van der Waals surface area contributed by atoms with Gasteiger partial charge in [0.05, 0.1) is 33.9 Å². The minimum Gasteiger partial charge on any atom is -0.388 e. The molecule has 0 amide bonds. The smallest absolute Gasteiger partial charge is 0.0855 e. The lowest BCUT2D eigenvalue weighted by molar-refractivity contribution is -0.0644. The first-order valence-electron chi connectivity index (χ1n) is 9.82. The maximum Gasteiger partial charge on any atom is 0.0855 e. The Bertz CT molecular complexity index is 1000. The maximum absolute atomic E-state index is 11.4. The van der Waals surface area contributed by atoms with Gasteiger partial charge < -0.3 is 9.67 Å². The normalized spacial score (nSPS) is 27.5. The number of hydrogen-bond acceptors (Lipinski definition) is 3. The molecule has 2 aliphatic heterocycles. The van der Waals surface area contributed by atoms with E-state index >= 15 is 0 Å². The van der Waals surface area contributed by atoms with Gasteiger partial charge in [-0.1, -0.05) is 29.3 Å². The van der Waals surface area contributed by atoms with E-state index in [0.29, 0.717) is 28.7 Å². The average Bonchev–Trinajstić information content (AvgIpc) is 3.17. The van der Waals surface area contributed by atoms with Gasteiger partial charge in [-0.3, -0.25) is 9.88 Å².